The second-order valence-electron chi connectivity index (χ2n) is 14.3. The second-order valence-corrected chi connectivity index (χ2v) is 28.5. The van der Waals surface area contributed by atoms with Gasteiger partial charge in [0.15, 0.2) is 31.2 Å². The number of ether oxygens (including phenoxy) is 1. The predicted molar refractivity (Wildman–Crippen MR) is 144 cm³/mol. The molecule has 0 bridgehead atoms. The predicted octanol–water partition coefficient (Wildman–Crippen LogP) is 5.87. The first-order valence-corrected chi connectivity index (χ1v) is 21.1. The number of aliphatic hydroxyl groups excluding tert-OH is 2. The lowest BCUT2D eigenvalue weighted by Gasteiger charge is -2.53. The van der Waals surface area contributed by atoms with Crippen LogP contribution >= 0.6 is 0 Å². The third-order valence-electron chi connectivity index (χ3n) is 8.50. The molecule has 0 spiro atoms. The summed E-state index contributed by atoms with van der Waals surface area (Å²) < 4.78 is 26.6. The summed E-state index contributed by atoms with van der Waals surface area (Å²) >= 11 is 0. The smallest absolute Gasteiger partial charge is 0.192 e. The third-order valence-corrected chi connectivity index (χ3v) is 21.9. The van der Waals surface area contributed by atoms with Gasteiger partial charge in [0, 0.05) is 0 Å². The van der Waals surface area contributed by atoms with Crippen molar-refractivity contribution in [2.45, 2.75) is 147 Å². The first kappa shape index (κ1) is 31.4. The van der Waals surface area contributed by atoms with Crippen LogP contribution in [0.2, 0.25) is 54.4 Å². The van der Waals surface area contributed by atoms with E-state index in [0.29, 0.717) is 0 Å². The zero-order valence-electron chi connectivity index (χ0n) is 24.1. The van der Waals surface area contributed by atoms with Crippen molar-refractivity contribution in [2.75, 3.05) is 6.61 Å². The van der Waals surface area contributed by atoms with Gasteiger partial charge in [-0.05, 0) is 54.4 Å². The standard InChI is InChI=1S/C24H54O6Si3/c1-22(2,3)31(10,11)28-18-17(16-25)27-21(26)20(30-33(14,15)24(7,8)9)19(18)29-32(12,13)23(4,5)6/h17-21,25-26H,16H2,1-15H3/t17-,18-,19+,20+,21+/m1/s1. The Kier molecular flexibility index (Phi) is 9.57. The van der Waals surface area contributed by atoms with E-state index in [2.05, 4.69) is 102 Å². The average Bonchev–Trinajstić information content (AvgIpc) is 2.56. The molecule has 1 heterocycles. The highest BCUT2D eigenvalue weighted by Gasteiger charge is 2.55. The van der Waals surface area contributed by atoms with Crippen molar-refractivity contribution in [1.82, 2.24) is 0 Å². The van der Waals surface area contributed by atoms with Crippen LogP contribution < -0.4 is 0 Å². The Hall–Kier alpha value is 0.411. The maximum atomic E-state index is 11.1. The zero-order valence-corrected chi connectivity index (χ0v) is 27.1. The van der Waals surface area contributed by atoms with Gasteiger partial charge in [0.2, 0.25) is 0 Å². The van der Waals surface area contributed by atoms with Gasteiger partial charge in [0.05, 0.1) is 6.61 Å². The van der Waals surface area contributed by atoms with Gasteiger partial charge in [0.25, 0.3) is 0 Å². The highest BCUT2D eigenvalue weighted by atomic mass is 28.4. The van der Waals surface area contributed by atoms with Crippen LogP contribution in [0, 0.1) is 0 Å². The summed E-state index contributed by atoms with van der Waals surface area (Å²) in [5, 5.41) is 21.2. The summed E-state index contributed by atoms with van der Waals surface area (Å²) in [5.74, 6) is 0. The molecule has 198 valence electrons. The summed E-state index contributed by atoms with van der Waals surface area (Å²) in [6.07, 6.45) is -3.61. The molecule has 33 heavy (non-hydrogen) atoms. The van der Waals surface area contributed by atoms with E-state index >= 15 is 0 Å². The molecular weight excluding hydrogens is 469 g/mol. The molecule has 0 saturated carbocycles. The summed E-state index contributed by atoms with van der Waals surface area (Å²) in [5.41, 5.74) is 0. The van der Waals surface area contributed by atoms with Crippen LogP contribution in [0.15, 0.2) is 0 Å². The van der Waals surface area contributed by atoms with Crippen molar-refractivity contribution < 1.29 is 28.2 Å². The van der Waals surface area contributed by atoms with E-state index in [1.54, 1.807) is 0 Å². The maximum absolute atomic E-state index is 11.1. The summed E-state index contributed by atoms with van der Waals surface area (Å²) in [7, 11) is -6.78. The lowest BCUT2D eigenvalue weighted by Crippen LogP contribution is -2.67. The van der Waals surface area contributed by atoms with E-state index < -0.39 is 55.7 Å². The quantitative estimate of drug-likeness (QED) is 0.407. The molecule has 6 nitrogen and oxygen atoms in total. The fraction of sp³-hybridized carbons (Fsp3) is 1.00. The second kappa shape index (κ2) is 10.0. The van der Waals surface area contributed by atoms with Crippen LogP contribution in [-0.4, -0.2) is 72.5 Å². The lowest BCUT2D eigenvalue weighted by atomic mass is 9.99. The van der Waals surface area contributed by atoms with E-state index in [1.165, 1.54) is 0 Å². The van der Waals surface area contributed by atoms with Crippen molar-refractivity contribution in [3.63, 3.8) is 0 Å². The summed E-state index contributed by atoms with van der Waals surface area (Å²) in [6, 6.07) is 0. The molecular formula is C24H54O6Si3. The first-order valence-electron chi connectivity index (χ1n) is 12.4. The van der Waals surface area contributed by atoms with Crippen LogP contribution in [0.25, 0.3) is 0 Å². The highest BCUT2D eigenvalue weighted by Crippen LogP contribution is 2.45. The number of rotatable bonds is 7. The molecule has 0 amide bonds. The molecule has 5 atom stereocenters. The molecule has 0 radical (unpaired) electrons. The Morgan fingerprint density at radius 1 is 0.606 bits per heavy atom. The van der Waals surface area contributed by atoms with Crippen LogP contribution in [-0.2, 0) is 18.0 Å². The molecule has 0 unspecified atom stereocenters. The number of hydrogen-bond acceptors (Lipinski definition) is 6. The van der Waals surface area contributed by atoms with E-state index in [4.69, 9.17) is 18.0 Å². The van der Waals surface area contributed by atoms with Crippen molar-refractivity contribution in [3.05, 3.63) is 0 Å². The lowest BCUT2D eigenvalue weighted by molar-refractivity contribution is -0.277. The zero-order chi connectivity index (χ0) is 26.4. The molecule has 1 fully saturated rings. The molecule has 1 aliphatic rings. The van der Waals surface area contributed by atoms with E-state index in [9.17, 15) is 10.2 Å². The molecule has 1 rings (SSSR count). The minimum atomic E-state index is -2.27. The van der Waals surface area contributed by atoms with Gasteiger partial charge in [0.1, 0.15) is 24.4 Å². The van der Waals surface area contributed by atoms with Crippen LogP contribution in [0.1, 0.15) is 62.3 Å². The molecule has 0 aromatic heterocycles. The van der Waals surface area contributed by atoms with Crippen molar-refractivity contribution in [2.24, 2.45) is 0 Å². The van der Waals surface area contributed by atoms with Gasteiger partial charge >= 0.3 is 0 Å². The normalized spacial score (nSPS) is 28.8. The Morgan fingerprint density at radius 3 is 1.21 bits per heavy atom. The summed E-state index contributed by atoms with van der Waals surface area (Å²) in [4.78, 5) is 0. The van der Waals surface area contributed by atoms with Gasteiger partial charge in [-0.3, -0.25) is 0 Å². The molecule has 0 aromatic carbocycles. The Bertz CT molecular complexity index is 646. The van der Waals surface area contributed by atoms with Gasteiger partial charge in [-0.1, -0.05) is 62.3 Å². The molecule has 0 aliphatic carbocycles. The van der Waals surface area contributed by atoms with Crippen LogP contribution in [0.3, 0.4) is 0 Å². The highest BCUT2D eigenvalue weighted by molar-refractivity contribution is 6.75. The van der Waals surface area contributed by atoms with Gasteiger partial charge < -0.3 is 28.2 Å². The Labute approximate surface area is 207 Å². The van der Waals surface area contributed by atoms with E-state index in [1.807, 2.05) is 0 Å². The molecule has 1 aliphatic heterocycles. The molecule has 0 aromatic rings. The van der Waals surface area contributed by atoms with Crippen LogP contribution in [0.4, 0.5) is 0 Å². The topological polar surface area (TPSA) is 77.4 Å². The third kappa shape index (κ3) is 7.22. The van der Waals surface area contributed by atoms with Crippen molar-refractivity contribution >= 4 is 25.0 Å². The Balaban J connectivity index is 3.58. The fourth-order valence-corrected chi connectivity index (χ4v) is 6.90. The van der Waals surface area contributed by atoms with E-state index in [-0.39, 0.29) is 21.7 Å². The average molecular weight is 523 g/mol. The van der Waals surface area contributed by atoms with Crippen molar-refractivity contribution in [1.29, 1.82) is 0 Å². The van der Waals surface area contributed by atoms with Crippen LogP contribution in [0.5, 0.6) is 0 Å². The van der Waals surface area contributed by atoms with E-state index in [0.717, 1.165) is 0 Å². The largest absolute Gasteiger partial charge is 0.408 e. The minimum absolute atomic E-state index is 0.0274. The minimum Gasteiger partial charge on any atom is -0.408 e. The molecule has 2 N–H and O–H groups in total. The first-order chi connectivity index (χ1) is 14.4. The van der Waals surface area contributed by atoms with Gasteiger partial charge in [-0.25, -0.2) is 0 Å². The SMILES string of the molecule is CC(C)(C)[Si](C)(C)O[C@@H]1[C@H](O[Si](C)(C)C(C)(C)C)[C@@H](O)O[C@H](CO)[C@H]1O[Si](C)(C)C(C)(C)C. The molecule has 9 heteroatoms. The Morgan fingerprint density at radius 2 is 0.909 bits per heavy atom. The van der Waals surface area contributed by atoms with Crippen molar-refractivity contribution in [3.8, 4) is 0 Å². The van der Waals surface area contributed by atoms with Gasteiger partial charge in [-0.15, -0.1) is 0 Å². The maximum Gasteiger partial charge on any atom is 0.192 e. The van der Waals surface area contributed by atoms with Gasteiger partial charge in [-0.2, -0.15) is 0 Å². The monoisotopic (exact) mass is 522 g/mol. The summed E-state index contributed by atoms with van der Waals surface area (Å²) in [6.45, 7) is 32.6. The molecule has 1 saturated heterocycles. The number of aliphatic hydroxyl groups is 2. The fourth-order valence-electron chi connectivity index (χ4n) is 2.99. The number of hydrogen-bond donors (Lipinski definition) is 2.